The molecule has 124 valence electrons. The molecule has 1 fully saturated rings. The number of carbonyl (C=O) groups is 3. The standard InChI is InChI=1S/C16H21N3O4/c1-3-7-19(10-14(21)22)16(23)12-8-13(20)18(2)15(12)11-5-4-6-17-9-11/h4-6,9,12,15H,3,7-8,10H2,1-2H3,(H,21,22). The van der Waals surface area contributed by atoms with Crippen LogP contribution in [-0.2, 0) is 14.4 Å². The first kappa shape index (κ1) is 16.9. The van der Waals surface area contributed by atoms with Gasteiger partial charge in [0.1, 0.15) is 6.54 Å². The second-order valence-corrected chi connectivity index (χ2v) is 5.70. The summed E-state index contributed by atoms with van der Waals surface area (Å²) in [5.74, 6) is -2.05. The van der Waals surface area contributed by atoms with Gasteiger partial charge in [-0.1, -0.05) is 13.0 Å². The van der Waals surface area contributed by atoms with Gasteiger partial charge in [-0.3, -0.25) is 19.4 Å². The summed E-state index contributed by atoms with van der Waals surface area (Å²) in [6.07, 6.45) is 4.02. The number of likely N-dealkylation sites (tertiary alicyclic amines) is 1. The predicted octanol–water partition coefficient (Wildman–Crippen LogP) is 0.924. The van der Waals surface area contributed by atoms with Crippen molar-refractivity contribution in [2.45, 2.75) is 25.8 Å². The molecule has 2 amide bonds. The van der Waals surface area contributed by atoms with Gasteiger partial charge in [0, 0.05) is 32.4 Å². The van der Waals surface area contributed by atoms with E-state index in [-0.39, 0.29) is 24.8 Å². The fourth-order valence-corrected chi connectivity index (χ4v) is 3.03. The van der Waals surface area contributed by atoms with Gasteiger partial charge in [0.15, 0.2) is 0 Å². The first-order valence-electron chi connectivity index (χ1n) is 7.61. The first-order chi connectivity index (χ1) is 11.0. The molecule has 0 spiro atoms. The zero-order chi connectivity index (χ0) is 17.0. The Morgan fingerprint density at radius 3 is 2.78 bits per heavy atom. The molecule has 23 heavy (non-hydrogen) atoms. The Hall–Kier alpha value is -2.44. The van der Waals surface area contributed by atoms with E-state index in [0.717, 1.165) is 5.56 Å². The van der Waals surface area contributed by atoms with Crippen LogP contribution < -0.4 is 0 Å². The highest BCUT2D eigenvalue weighted by Gasteiger charge is 2.44. The number of rotatable bonds is 6. The Kier molecular flexibility index (Phi) is 5.31. The van der Waals surface area contributed by atoms with Crippen molar-refractivity contribution < 1.29 is 19.5 Å². The zero-order valence-corrected chi connectivity index (χ0v) is 13.3. The van der Waals surface area contributed by atoms with E-state index in [9.17, 15) is 14.4 Å². The van der Waals surface area contributed by atoms with Crippen molar-refractivity contribution in [2.24, 2.45) is 5.92 Å². The third kappa shape index (κ3) is 3.67. The van der Waals surface area contributed by atoms with Crippen LogP contribution in [0.5, 0.6) is 0 Å². The zero-order valence-electron chi connectivity index (χ0n) is 13.3. The molecule has 2 rings (SSSR count). The Bertz CT molecular complexity index is 590. The lowest BCUT2D eigenvalue weighted by Gasteiger charge is -2.28. The van der Waals surface area contributed by atoms with Crippen molar-refractivity contribution in [1.82, 2.24) is 14.8 Å². The molecule has 2 atom stereocenters. The van der Waals surface area contributed by atoms with Crippen molar-refractivity contribution in [3.8, 4) is 0 Å². The van der Waals surface area contributed by atoms with Gasteiger partial charge in [0.2, 0.25) is 11.8 Å². The van der Waals surface area contributed by atoms with E-state index in [1.807, 2.05) is 13.0 Å². The summed E-state index contributed by atoms with van der Waals surface area (Å²) in [5, 5.41) is 9.01. The van der Waals surface area contributed by atoms with Gasteiger partial charge in [-0.15, -0.1) is 0 Å². The van der Waals surface area contributed by atoms with E-state index in [2.05, 4.69) is 4.98 Å². The van der Waals surface area contributed by atoms with E-state index >= 15 is 0 Å². The predicted molar refractivity (Wildman–Crippen MR) is 82.4 cm³/mol. The minimum Gasteiger partial charge on any atom is -0.480 e. The number of hydrogen-bond donors (Lipinski definition) is 1. The van der Waals surface area contributed by atoms with Crippen molar-refractivity contribution in [2.75, 3.05) is 20.1 Å². The fourth-order valence-electron chi connectivity index (χ4n) is 3.03. The Morgan fingerprint density at radius 2 is 2.22 bits per heavy atom. The Labute approximate surface area is 134 Å². The monoisotopic (exact) mass is 319 g/mol. The summed E-state index contributed by atoms with van der Waals surface area (Å²) in [5.41, 5.74) is 0.783. The van der Waals surface area contributed by atoms with Crippen LogP contribution in [0.25, 0.3) is 0 Å². The number of aromatic nitrogens is 1. The number of carboxylic acids is 1. The van der Waals surface area contributed by atoms with Gasteiger partial charge >= 0.3 is 5.97 Å². The number of amides is 2. The lowest BCUT2D eigenvalue weighted by Crippen LogP contribution is -2.41. The van der Waals surface area contributed by atoms with Crippen LogP contribution in [0.3, 0.4) is 0 Å². The highest BCUT2D eigenvalue weighted by molar-refractivity contribution is 5.91. The number of nitrogens with zero attached hydrogens (tertiary/aromatic N) is 3. The summed E-state index contributed by atoms with van der Waals surface area (Å²) in [7, 11) is 1.66. The average Bonchev–Trinajstić information content (AvgIpc) is 2.82. The number of hydrogen-bond acceptors (Lipinski definition) is 4. The van der Waals surface area contributed by atoms with Crippen LogP contribution >= 0.6 is 0 Å². The molecular weight excluding hydrogens is 298 g/mol. The van der Waals surface area contributed by atoms with Gasteiger partial charge in [0.25, 0.3) is 0 Å². The molecule has 7 heteroatoms. The molecule has 0 saturated carbocycles. The van der Waals surface area contributed by atoms with E-state index in [1.54, 1.807) is 30.4 Å². The topological polar surface area (TPSA) is 90.8 Å². The molecule has 2 unspecified atom stereocenters. The smallest absolute Gasteiger partial charge is 0.323 e. The maximum atomic E-state index is 12.8. The number of carboxylic acid groups (broad SMARTS) is 1. The molecule has 1 saturated heterocycles. The Balaban J connectivity index is 2.29. The fraction of sp³-hybridized carbons (Fsp3) is 0.500. The molecule has 1 aliphatic heterocycles. The minimum atomic E-state index is -1.05. The molecule has 2 heterocycles. The van der Waals surface area contributed by atoms with Gasteiger partial charge in [-0.25, -0.2) is 0 Å². The lowest BCUT2D eigenvalue weighted by atomic mass is 9.93. The number of carbonyl (C=O) groups excluding carboxylic acids is 2. The van der Waals surface area contributed by atoms with Crippen molar-refractivity contribution in [3.05, 3.63) is 30.1 Å². The van der Waals surface area contributed by atoms with Crippen LogP contribution in [0.4, 0.5) is 0 Å². The molecular formula is C16H21N3O4. The first-order valence-corrected chi connectivity index (χ1v) is 7.61. The molecule has 1 aliphatic rings. The van der Waals surface area contributed by atoms with Gasteiger partial charge in [-0.05, 0) is 18.1 Å². The van der Waals surface area contributed by atoms with Crippen LogP contribution in [0.1, 0.15) is 31.4 Å². The van der Waals surface area contributed by atoms with Crippen LogP contribution in [0, 0.1) is 5.92 Å². The second kappa shape index (κ2) is 7.21. The summed E-state index contributed by atoms with van der Waals surface area (Å²) >= 11 is 0. The van der Waals surface area contributed by atoms with Crippen molar-refractivity contribution in [1.29, 1.82) is 0 Å². The summed E-state index contributed by atoms with van der Waals surface area (Å²) < 4.78 is 0. The molecule has 0 bridgehead atoms. The van der Waals surface area contributed by atoms with Gasteiger partial charge in [0.05, 0.1) is 12.0 Å². The molecule has 7 nitrogen and oxygen atoms in total. The van der Waals surface area contributed by atoms with E-state index < -0.39 is 17.9 Å². The van der Waals surface area contributed by atoms with Gasteiger partial charge in [-0.2, -0.15) is 0 Å². The van der Waals surface area contributed by atoms with E-state index in [0.29, 0.717) is 13.0 Å². The van der Waals surface area contributed by atoms with Crippen LogP contribution in [0.2, 0.25) is 0 Å². The molecule has 0 aliphatic carbocycles. The van der Waals surface area contributed by atoms with Crippen LogP contribution in [-0.4, -0.2) is 57.8 Å². The Morgan fingerprint density at radius 1 is 1.48 bits per heavy atom. The van der Waals surface area contributed by atoms with Gasteiger partial charge < -0.3 is 14.9 Å². The maximum Gasteiger partial charge on any atom is 0.323 e. The summed E-state index contributed by atoms with van der Waals surface area (Å²) in [6.45, 7) is 1.90. The largest absolute Gasteiger partial charge is 0.480 e. The molecule has 1 aromatic heterocycles. The van der Waals surface area contributed by atoms with E-state index in [4.69, 9.17) is 5.11 Å². The minimum absolute atomic E-state index is 0.0920. The van der Waals surface area contributed by atoms with Crippen molar-refractivity contribution in [3.63, 3.8) is 0 Å². The highest BCUT2D eigenvalue weighted by Crippen LogP contribution is 2.37. The second-order valence-electron chi connectivity index (χ2n) is 5.70. The third-order valence-corrected chi connectivity index (χ3v) is 4.06. The molecule has 0 radical (unpaired) electrons. The maximum absolute atomic E-state index is 12.8. The lowest BCUT2D eigenvalue weighted by molar-refractivity contribution is -0.146. The summed E-state index contributed by atoms with van der Waals surface area (Å²) in [4.78, 5) is 42.8. The van der Waals surface area contributed by atoms with Crippen molar-refractivity contribution >= 4 is 17.8 Å². The molecule has 0 aromatic carbocycles. The molecule has 1 aromatic rings. The van der Waals surface area contributed by atoms with E-state index in [1.165, 1.54) is 4.90 Å². The quantitative estimate of drug-likeness (QED) is 0.842. The average molecular weight is 319 g/mol. The highest BCUT2D eigenvalue weighted by atomic mass is 16.4. The molecule has 1 N–H and O–H groups in total. The number of pyridine rings is 1. The number of aliphatic carboxylic acids is 1. The third-order valence-electron chi connectivity index (χ3n) is 4.06. The SMILES string of the molecule is CCCN(CC(=O)O)C(=O)C1CC(=O)N(C)C1c1cccnc1. The summed E-state index contributed by atoms with van der Waals surface area (Å²) in [6, 6.07) is 3.18. The van der Waals surface area contributed by atoms with Crippen LogP contribution in [0.15, 0.2) is 24.5 Å². The normalized spacial score (nSPS) is 20.6.